The molecule has 2 heteroatoms. The van der Waals surface area contributed by atoms with Crippen LogP contribution >= 0.6 is 0 Å². The fourth-order valence-corrected chi connectivity index (χ4v) is 3.61. The van der Waals surface area contributed by atoms with Crippen molar-refractivity contribution in [3.63, 3.8) is 0 Å². The number of hydrogen-bond acceptors (Lipinski definition) is 2. The van der Waals surface area contributed by atoms with Crippen LogP contribution in [-0.2, 0) is 5.41 Å². The second kappa shape index (κ2) is 5.59. The largest absolute Gasteiger partial charge is 0.286 e. The zero-order valence-corrected chi connectivity index (χ0v) is 14.9. The van der Waals surface area contributed by atoms with E-state index in [1.165, 1.54) is 22.3 Å². The molecule has 0 saturated carbocycles. The van der Waals surface area contributed by atoms with Crippen LogP contribution in [0.3, 0.4) is 0 Å². The fraction of sp³-hybridized carbons (Fsp3) is 0.429. The summed E-state index contributed by atoms with van der Waals surface area (Å²) in [6.07, 6.45) is 0. The molecule has 3 rings (SSSR count). The van der Waals surface area contributed by atoms with Gasteiger partial charge in [-0.25, -0.2) is 0 Å². The Balaban J connectivity index is 2.28. The van der Waals surface area contributed by atoms with Gasteiger partial charge in [-0.1, -0.05) is 71.9 Å². The molecule has 0 atom stereocenters. The molecule has 0 fully saturated rings. The average molecular weight is 310 g/mol. The predicted octanol–water partition coefficient (Wildman–Crippen LogP) is 6.60. The topological polar surface area (TPSA) is 26.3 Å². The van der Waals surface area contributed by atoms with Crippen LogP contribution < -0.4 is 0 Å². The van der Waals surface area contributed by atoms with Gasteiger partial charge in [-0.15, -0.1) is 0 Å². The lowest BCUT2D eigenvalue weighted by atomic mass is 9.71. The fourth-order valence-electron chi connectivity index (χ4n) is 3.61. The van der Waals surface area contributed by atoms with E-state index in [9.17, 15) is 0 Å². The zero-order chi connectivity index (χ0) is 16.8. The summed E-state index contributed by atoms with van der Waals surface area (Å²) < 4.78 is 10.6. The van der Waals surface area contributed by atoms with E-state index in [1.54, 1.807) is 0 Å². The van der Waals surface area contributed by atoms with Crippen molar-refractivity contribution < 1.29 is 9.15 Å². The van der Waals surface area contributed by atoms with Gasteiger partial charge < -0.3 is 0 Å². The maximum atomic E-state index is 5.41. The van der Waals surface area contributed by atoms with E-state index in [0.29, 0.717) is 11.8 Å². The highest BCUT2D eigenvalue weighted by atomic mass is 17.0. The third-order valence-electron chi connectivity index (χ3n) is 4.87. The summed E-state index contributed by atoms with van der Waals surface area (Å²) in [4.78, 5) is 0. The van der Waals surface area contributed by atoms with E-state index in [2.05, 4.69) is 71.9 Å². The van der Waals surface area contributed by atoms with Crippen molar-refractivity contribution in [2.45, 2.75) is 58.8 Å². The molecular weight excluding hydrogens is 284 g/mol. The predicted molar refractivity (Wildman–Crippen MR) is 95.2 cm³/mol. The number of fused-ring (bicyclic) bond motifs is 1. The first-order chi connectivity index (χ1) is 10.8. The lowest BCUT2D eigenvalue weighted by Gasteiger charge is -2.32. The van der Waals surface area contributed by atoms with Gasteiger partial charge in [0.1, 0.15) is 0 Å². The molecule has 0 bridgehead atoms. The lowest BCUT2D eigenvalue weighted by molar-refractivity contribution is 0.0572. The van der Waals surface area contributed by atoms with Gasteiger partial charge >= 0.3 is 0 Å². The Morgan fingerprint density at radius 1 is 0.783 bits per heavy atom. The van der Waals surface area contributed by atoms with Crippen LogP contribution in [0, 0.1) is 0 Å². The summed E-state index contributed by atoms with van der Waals surface area (Å²) in [6.45, 7) is 13.5. The van der Waals surface area contributed by atoms with Gasteiger partial charge in [0.15, 0.2) is 0 Å². The normalized spacial score (nSPS) is 12.7. The van der Waals surface area contributed by atoms with Gasteiger partial charge in [0.25, 0.3) is 0 Å². The van der Waals surface area contributed by atoms with Gasteiger partial charge in [-0.2, -0.15) is 0 Å². The molecule has 0 radical (unpaired) electrons. The lowest BCUT2D eigenvalue weighted by Crippen LogP contribution is -2.24. The number of rotatable bonds is 4. The second-order valence-corrected chi connectivity index (χ2v) is 7.55. The van der Waals surface area contributed by atoms with Crippen LogP contribution in [0.2, 0.25) is 0 Å². The average Bonchev–Trinajstić information content (AvgIpc) is 2.47. The van der Waals surface area contributed by atoms with Crippen molar-refractivity contribution in [1.82, 2.24) is 0 Å². The van der Waals surface area contributed by atoms with Crippen LogP contribution in [0.4, 0.5) is 0 Å². The summed E-state index contributed by atoms with van der Waals surface area (Å²) in [5, 5.41) is 0. The van der Waals surface area contributed by atoms with Gasteiger partial charge in [0.05, 0.1) is 0 Å². The first kappa shape index (κ1) is 15.9. The molecule has 0 aliphatic heterocycles. The zero-order valence-electron chi connectivity index (χ0n) is 14.9. The van der Waals surface area contributed by atoms with Crippen LogP contribution in [0.5, 0.6) is 0 Å². The van der Waals surface area contributed by atoms with E-state index in [-0.39, 0.29) is 5.41 Å². The molecule has 0 amide bonds. The first-order valence-electron chi connectivity index (χ1n) is 8.45. The smallest absolute Gasteiger partial charge is 0.230 e. The molecule has 1 aromatic heterocycles. The minimum Gasteiger partial charge on any atom is -0.286 e. The van der Waals surface area contributed by atoms with E-state index in [4.69, 9.17) is 9.15 Å². The Morgan fingerprint density at radius 2 is 1.43 bits per heavy atom. The standard InChI is InChI=1S/C21H26O2/c1-13(2)15-9-7-8-10-17(15)21(5,6)19-16(14(3)4)11-12-18-20(19)23-22-18/h7-14H,1-6H3. The van der Waals surface area contributed by atoms with Crippen molar-refractivity contribution in [2.75, 3.05) is 0 Å². The summed E-state index contributed by atoms with van der Waals surface area (Å²) in [5.41, 5.74) is 6.94. The highest BCUT2D eigenvalue weighted by molar-refractivity contribution is 5.79. The Morgan fingerprint density at radius 3 is 2.00 bits per heavy atom. The van der Waals surface area contributed by atoms with Crippen molar-refractivity contribution >= 4 is 11.2 Å². The van der Waals surface area contributed by atoms with Crippen LogP contribution in [0.25, 0.3) is 11.2 Å². The molecule has 122 valence electrons. The third kappa shape index (κ3) is 2.50. The molecule has 0 unspecified atom stereocenters. The molecule has 2 aromatic carbocycles. The van der Waals surface area contributed by atoms with Crippen LogP contribution in [0.15, 0.2) is 45.6 Å². The Bertz CT molecular complexity index is 815. The van der Waals surface area contributed by atoms with Crippen LogP contribution in [-0.4, -0.2) is 0 Å². The van der Waals surface area contributed by atoms with Gasteiger partial charge in [0.2, 0.25) is 11.2 Å². The second-order valence-electron chi connectivity index (χ2n) is 7.55. The first-order valence-corrected chi connectivity index (χ1v) is 8.45. The molecule has 0 aliphatic carbocycles. The number of benzene rings is 2. The van der Waals surface area contributed by atoms with Gasteiger partial charge in [0, 0.05) is 11.0 Å². The molecule has 1 heterocycles. The van der Waals surface area contributed by atoms with E-state index >= 15 is 0 Å². The van der Waals surface area contributed by atoms with E-state index < -0.39 is 0 Å². The van der Waals surface area contributed by atoms with Crippen molar-refractivity contribution in [2.24, 2.45) is 0 Å². The molecular formula is C21H26O2. The molecule has 0 aliphatic rings. The maximum absolute atomic E-state index is 5.41. The molecule has 0 N–H and O–H groups in total. The SMILES string of the molecule is CC(C)c1ccccc1C(C)(C)c1c(C(C)C)ccc2ooc12. The van der Waals surface area contributed by atoms with Gasteiger partial charge in [-0.3, -0.25) is 9.15 Å². The molecule has 3 aromatic rings. The summed E-state index contributed by atoms with van der Waals surface area (Å²) in [5.74, 6) is 0.921. The van der Waals surface area contributed by atoms with Crippen molar-refractivity contribution in [1.29, 1.82) is 0 Å². The van der Waals surface area contributed by atoms with Crippen molar-refractivity contribution in [3.05, 3.63) is 58.7 Å². The summed E-state index contributed by atoms with van der Waals surface area (Å²) >= 11 is 0. The third-order valence-corrected chi connectivity index (χ3v) is 4.87. The van der Waals surface area contributed by atoms with Crippen molar-refractivity contribution in [3.8, 4) is 0 Å². The highest BCUT2D eigenvalue weighted by Crippen LogP contribution is 2.43. The molecule has 0 saturated heterocycles. The molecule has 2 nitrogen and oxygen atoms in total. The monoisotopic (exact) mass is 310 g/mol. The quantitative estimate of drug-likeness (QED) is 0.507. The Labute approximate surface area is 138 Å². The minimum absolute atomic E-state index is 0.143. The highest BCUT2D eigenvalue weighted by Gasteiger charge is 2.34. The Hall–Kier alpha value is -1.96. The Kier molecular flexibility index (Phi) is 3.87. The summed E-state index contributed by atoms with van der Waals surface area (Å²) in [6, 6.07) is 12.9. The minimum atomic E-state index is -0.143. The van der Waals surface area contributed by atoms with Crippen LogP contribution in [0.1, 0.15) is 75.6 Å². The maximum Gasteiger partial charge on any atom is 0.230 e. The number of hydrogen-bond donors (Lipinski definition) is 0. The van der Waals surface area contributed by atoms with Gasteiger partial charge in [-0.05, 0) is 34.6 Å². The van der Waals surface area contributed by atoms with E-state index in [0.717, 1.165) is 11.2 Å². The van der Waals surface area contributed by atoms with E-state index in [1.807, 2.05) is 6.07 Å². The molecule has 23 heavy (non-hydrogen) atoms. The summed E-state index contributed by atoms with van der Waals surface area (Å²) in [7, 11) is 0. The molecule has 0 spiro atoms.